The van der Waals surface area contributed by atoms with Crippen LogP contribution >= 0.6 is 11.3 Å². The monoisotopic (exact) mass is 384 g/mol. The van der Waals surface area contributed by atoms with Crippen LogP contribution in [0.1, 0.15) is 24.4 Å². The number of likely N-dealkylation sites (tertiary alicyclic amines) is 1. The van der Waals surface area contributed by atoms with Gasteiger partial charge in [0.05, 0.1) is 6.04 Å². The van der Waals surface area contributed by atoms with Crippen LogP contribution < -0.4 is 5.56 Å². The van der Waals surface area contributed by atoms with E-state index < -0.39 is 0 Å². The number of aromatic nitrogens is 3. The summed E-state index contributed by atoms with van der Waals surface area (Å²) in [5, 5.41) is 9.99. The number of carbonyl (C=O) groups excluding carboxylic acids is 1. The molecule has 6 nitrogen and oxygen atoms in total. The molecule has 0 aliphatic carbocycles. The van der Waals surface area contributed by atoms with Crippen molar-refractivity contribution in [3.8, 4) is 0 Å². The molecule has 138 valence electrons. The van der Waals surface area contributed by atoms with E-state index in [1.807, 2.05) is 5.38 Å². The summed E-state index contributed by atoms with van der Waals surface area (Å²) in [6.07, 6.45) is 4.14. The normalized spacial score (nSPS) is 15.7. The van der Waals surface area contributed by atoms with Gasteiger partial charge in [-0.25, -0.2) is 9.07 Å². The zero-order valence-electron chi connectivity index (χ0n) is 14.4. The largest absolute Gasteiger partial charge is 0.339 e. The fourth-order valence-corrected chi connectivity index (χ4v) is 3.99. The van der Waals surface area contributed by atoms with Crippen molar-refractivity contribution in [1.82, 2.24) is 19.9 Å². The molecule has 0 bridgehead atoms. The highest BCUT2D eigenvalue weighted by Crippen LogP contribution is 2.22. The summed E-state index contributed by atoms with van der Waals surface area (Å²) in [6.45, 7) is 1.03. The van der Waals surface area contributed by atoms with Crippen molar-refractivity contribution in [3.05, 3.63) is 63.5 Å². The van der Waals surface area contributed by atoms with Crippen molar-refractivity contribution in [2.24, 2.45) is 0 Å². The van der Waals surface area contributed by atoms with Crippen LogP contribution in [-0.4, -0.2) is 38.9 Å². The summed E-state index contributed by atoms with van der Waals surface area (Å²) in [7, 11) is 0. The number of benzene rings is 1. The van der Waals surface area contributed by atoms with E-state index >= 15 is 0 Å². The van der Waals surface area contributed by atoms with Gasteiger partial charge >= 0.3 is 0 Å². The molecule has 4 rings (SSSR count). The van der Waals surface area contributed by atoms with E-state index in [-0.39, 0.29) is 23.3 Å². The molecule has 3 heterocycles. The van der Waals surface area contributed by atoms with Gasteiger partial charge < -0.3 is 4.90 Å². The zero-order chi connectivity index (χ0) is 18.8. The minimum Gasteiger partial charge on any atom is -0.339 e. The third-order valence-electron chi connectivity index (χ3n) is 4.73. The molecular formula is C19H17FN4O2S. The maximum atomic E-state index is 13.6. The number of hydrogen-bond donors (Lipinski definition) is 0. The Balaban J connectivity index is 1.42. The van der Waals surface area contributed by atoms with Crippen LogP contribution in [-0.2, 0) is 4.79 Å². The Kier molecular flexibility index (Phi) is 4.81. The highest BCUT2D eigenvalue weighted by molar-refractivity contribution is 7.17. The van der Waals surface area contributed by atoms with Crippen molar-refractivity contribution in [3.63, 3.8) is 0 Å². The number of piperidine rings is 1. The molecule has 0 radical (unpaired) electrons. The van der Waals surface area contributed by atoms with Gasteiger partial charge in [-0.05, 0) is 36.4 Å². The van der Waals surface area contributed by atoms with Crippen LogP contribution in [0, 0.1) is 5.82 Å². The first-order valence-electron chi connectivity index (χ1n) is 8.68. The van der Waals surface area contributed by atoms with Gasteiger partial charge in [-0.2, -0.15) is 0 Å². The summed E-state index contributed by atoms with van der Waals surface area (Å²) in [5.41, 5.74) is 0.873. The summed E-state index contributed by atoms with van der Waals surface area (Å²) in [5.74, 6) is -0.522. The minimum absolute atomic E-state index is 0.0731. The Bertz CT molecular complexity index is 1070. The van der Waals surface area contributed by atoms with Gasteiger partial charge in [-0.15, -0.1) is 16.4 Å². The SMILES string of the molecule is O=C(/C=C/c1ccccc1F)N1CCC(n2nnc3ccsc3c2=O)CC1. The highest BCUT2D eigenvalue weighted by atomic mass is 32.1. The second-order valence-corrected chi connectivity index (χ2v) is 7.30. The first kappa shape index (κ1) is 17.5. The predicted molar refractivity (Wildman–Crippen MR) is 102 cm³/mol. The molecule has 1 fully saturated rings. The van der Waals surface area contributed by atoms with Gasteiger partial charge in [0.2, 0.25) is 5.91 Å². The lowest BCUT2D eigenvalue weighted by Gasteiger charge is -2.31. The fraction of sp³-hybridized carbons (Fsp3) is 0.263. The molecule has 1 aliphatic rings. The van der Waals surface area contributed by atoms with Gasteiger partial charge in [0.25, 0.3) is 5.56 Å². The lowest BCUT2D eigenvalue weighted by atomic mass is 10.0. The molecule has 8 heteroatoms. The van der Waals surface area contributed by atoms with Gasteiger partial charge in [0.15, 0.2) is 0 Å². The Morgan fingerprint density at radius 3 is 2.78 bits per heavy atom. The average molecular weight is 384 g/mol. The Morgan fingerprint density at radius 1 is 1.22 bits per heavy atom. The molecular weight excluding hydrogens is 367 g/mol. The molecule has 0 spiro atoms. The number of halogens is 1. The molecule has 2 aromatic heterocycles. The summed E-state index contributed by atoms with van der Waals surface area (Å²) in [4.78, 5) is 26.6. The first-order chi connectivity index (χ1) is 13.1. The molecule has 1 aromatic carbocycles. The number of fused-ring (bicyclic) bond motifs is 1. The predicted octanol–water partition coefficient (Wildman–Crippen LogP) is 2.87. The van der Waals surface area contributed by atoms with Gasteiger partial charge in [0.1, 0.15) is 16.0 Å². The third kappa shape index (κ3) is 3.52. The second kappa shape index (κ2) is 7.40. The molecule has 0 N–H and O–H groups in total. The van der Waals surface area contributed by atoms with E-state index in [1.54, 1.807) is 29.2 Å². The number of amides is 1. The third-order valence-corrected chi connectivity index (χ3v) is 5.62. The van der Waals surface area contributed by atoms with E-state index in [0.717, 1.165) is 0 Å². The fourth-order valence-electron chi connectivity index (χ4n) is 3.23. The molecule has 0 atom stereocenters. The van der Waals surface area contributed by atoms with E-state index in [9.17, 15) is 14.0 Å². The summed E-state index contributed by atoms with van der Waals surface area (Å²) in [6, 6.07) is 8.02. The van der Waals surface area contributed by atoms with Crippen LogP contribution in [0.2, 0.25) is 0 Å². The molecule has 3 aromatic rings. The van der Waals surface area contributed by atoms with Crippen LogP contribution in [0.4, 0.5) is 4.39 Å². The molecule has 0 saturated carbocycles. The number of carbonyl (C=O) groups is 1. The molecule has 0 unspecified atom stereocenters. The average Bonchev–Trinajstić information content (AvgIpc) is 3.17. The van der Waals surface area contributed by atoms with E-state index in [1.165, 1.54) is 34.2 Å². The van der Waals surface area contributed by atoms with Crippen molar-refractivity contribution in [2.75, 3.05) is 13.1 Å². The molecule has 1 amide bonds. The lowest BCUT2D eigenvalue weighted by Crippen LogP contribution is -2.40. The maximum Gasteiger partial charge on any atom is 0.287 e. The van der Waals surface area contributed by atoms with Crippen molar-refractivity contribution in [1.29, 1.82) is 0 Å². The van der Waals surface area contributed by atoms with Gasteiger partial charge in [0, 0.05) is 24.7 Å². The van der Waals surface area contributed by atoms with Crippen LogP contribution in [0.25, 0.3) is 16.3 Å². The summed E-state index contributed by atoms with van der Waals surface area (Å²) >= 11 is 1.36. The smallest absolute Gasteiger partial charge is 0.287 e. The molecule has 1 aliphatic heterocycles. The highest BCUT2D eigenvalue weighted by Gasteiger charge is 2.25. The van der Waals surface area contributed by atoms with Crippen molar-refractivity contribution in [2.45, 2.75) is 18.9 Å². The molecule has 27 heavy (non-hydrogen) atoms. The summed E-state index contributed by atoms with van der Waals surface area (Å²) < 4.78 is 15.7. The second-order valence-electron chi connectivity index (χ2n) is 6.39. The zero-order valence-corrected chi connectivity index (χ0v) is 15.2. The Hall–Kier alpha value is -2.87. The number of nitrogens with zero attached hydrogens (tertiary/aromatic N) is 4. The first-order valence-corrected chi connectivity index (χ1v) is 9.55. The lowest BCUT2D eigenvalue weighted by molar-refractivity contribution is -0.127. The quantitative estimate of drug-likeness (QED) is 0.651. The van der Waals surface area contributed by atoms with E-state index in [0.29, 0.717) is 41.7 Å². The molecule has 1 saturated heterocycles. The van der Waals surface area contributed by atoms with Gasteiger partial charge in [-0.1, -0.05) is 23.4 Å². The number of hydrogen-bond acceptors (Lipinski definition) is 5. The van der Waals surface area contributed by atoms with E-state index in [4.69, 9.17) is 0 Å². The maximum absolute atomic E-state index is 13.6. The number of thiophene rings is 1. The van der Waals surface area contributed by atoms with Crippen molar-refractivity contribution >= 4 is 33.5 Å². The minimum atomic E-state index is -0.359. The Morgan fingerprint density at radius 2 is 2.00 bits per heavy atom. The standard InChI is InChI=1S/C19H17FN4O2S/c20-15-4-2-1-3-13(15)5-6-17(25)23-10-7-14(8-11-23)24-19(26)18-16(21-22-24)9-12-27-18/h1-6,9,12,14H,7-8,10-11H2/b6-5+. The van der Waals surface area contributed by atoms with Crippen molar-refractivity contribution < 1.29 is 9.18 Å². The van der Waals surface area contributed by atoms with Crippen LogP contribution in [0.3, 0.4) is 0 Å². The van der Waals surface area contributed by atoms with Crippen LogP contribution in [0.15, 0.2) is 46.6 Å². The van der Waals surface area contributed by atoms with Gasteiger partial charge in [-0.3, -0.25) is 9.59 Å². The topological polar surface area (TPSA) is 68.1 Å². The Labute approximate surface area is 158 Å². The van der Waals surface area contributed by atoms with E-state index in [2.05, 4.69) is 10.3 Å². The number of rotatable bonds is 3. The van der Waals surface area contributed by atoms with Crippen LogP contribution in [0.5, 0.6) is 0 Å².